The fourth-order valence-corrected chi connectivity index (χ4v) is 6.99. The Morgan fingerprint density at radius 3 is 2.33 bits per heavy atom. The summed E-state index contributed by atoms with van der Waals surface area (Å²) in [5.74, 6) is -2.46. The maximum atomic E-state index is 13.9. The normalized spacial score (nSPS) is 21.0. The number of nitrogens with one attached hydrogen (secondary N) is 1. The molecule has 1 fully saturated rings. The molecule has 0 unspecified atom stereocenters. The molecule has 0 bridgehead atoms. The van der Waals surface area contributed by atoms with E-state index in [0.29, 0.717) is 35.5 Å². The highest BCUT2D eigenvalue weighted by atomic mass is 35.5. The van der Waals surface area contributed by atoms with E-state index >= 15 is 0 Å². The minimum Gasteiger partial charge on any atom is -0.508 e. The summed E-state index contributed by atoms with van der Waals surface area (Å²) in [4.78, 5) is 29.0. The number of hydrogen-bond donors (Lipinski definition) is 4. The van der Waals surface area contributed by atoms with Crippen LogP contribution in [0.5, 0.6) is 5.75 Å². The van der Waals surface area contributed by atoms with E-state index in [1.807, 2.05) is 69.3 Å². The molecule has 1 saturated heterocycles. The smallest absolute Gasteiger partial charge is 0.238 e. The Hall–Kier alpha value is -3.91. The molecule has 2 aliphatic rings. The largest absolute Gasteiger partial charge is 0.508 e. The third kappa shape index (κ3) is 6.86. The van der Waals surface area contributed by atoms with Gasteiger partial charge in [0.1, 0.15) is 5.75 Å². The minimum atomic E-state index is -0.883. The lowest BCUT2D eigenvalue weighted by Crippen LogP contribution is -2.39. The second kappa shape index (κ2) is 14.0. The number of carbonyl (C=O) groups is 2. The van der Waals surface area contributed by atoms with Crippen LogP contribution in [-0.4, -0.2) is 39.8 Å². The van der Waals surface area contributed by atoms with Gasteiger partial charge < -0.3 is 20.6 Å². The summed E-state index contributed by atoms with van der Waals surface area (Å²) in [6.07, 6.45) is 3.19. The second-order valence-corrected chi connectivity index (χ2v) is 12.6. The number of rotatable bonds is 11. The van der Waals surface area contributed by atoms with Gasteiger partial charge in [0.15, 0.2) is 0 Å². The highest BCUT2D eigenvalue weighted by molar-refractivity contribution is 6.32. The molecule has 0 aromatic heterocycles. The number of phenols is 1. The lowest BCUT2D eigenvalue weighted by molar-refractivity contribution is -0.123. The number of fused-ring (bicyclic) bond motifs is 1. The molecule has 1 heterocycles. The van der Waals surface area contributed by atoms with E-state index in [2.05, 4.69) is 5.32 Å². The SMILES string of the molecule is CC/C(=C\c1ccc(O)cc1Cl)CC[C@@H](O)C1=C(C(C)C)C[C@H]2C(=O)N(c3ccc(Nc4ccccc4)cc3)C(=O)[C@H]2[C@H]1CO. The van der Waals surface area contributed by atoms with E-state index < -0.39 is 23.9 Å². The summed E-state index contributed by atoms with van der Waals surface area (Å²) in [5, 5.41) is 35.8. The van der Waals surface area contributed by atoms with Crippen LogP contribution < -0.4 is 10.2 Å². The number of para-hydroxylation sites is 1. The van der Waals surface area contributed by atoms with Crippen molar-refractivity contribution in [3.05, 3.63) is 100 Å². The molecule has 3 aromatic carbocycles. The Morgan fingerprint density at radius 2 is 1.71 bits per heavy atom. The molecule has 5 rings (SSSR count). The first-order valence-electron chi connectivity index (χ1n) is 15.6. The lowest BCUT2D eigenvalue weighted by atomic mass is 9.66. The number of allylic oxidation sites excluding steroid dienone is 2. The number of nitrogens with zero attached hydrogens (tertiary/aromatic N) is 1. The summed E-state index contributed by atoms with van der Waals surface area (Å²) in [6.45, 7) is 5.75. The molecule has 4 N–H and O–H groups in total. The molecule has 236 valence electrons. The van der Waals surface area contributed by atoms with Gasteiger partial charge in [-0.3, -0.25) is 14.5 Å². The number of benzene rings is 3. The van der Waals surface area contributed by atoms with Crippen molar-refractivity contribution >= 4 is 46.6 Å². The van der Waals surface area contributed by atoms with Gasteiger partial charge in [-0.15, -0.1) is 0 Å². The van der Waals surface area contributed by atoms with Gasteiger partial charge in [0, 0.05) is 17.3 Å². The third-order valence-corrected chi connectivity index (χ3v) is 9.42. The van der Waals surface area contributed by atoms with Gasteiger partial charge in [-0.2, -0.15) is 0 Å². The Balaban J connectivity index is 1.37. The van der Waals surface area contributed by atoms with Gasteiger partial charge in [0.2, 0.25) is 11.8 Å². The van der Waals surface area contributed by atoms with Crippen LogP contribution in [0.1, 0.15) is 52.0 Å². The van der Waals surface area contributed by atoms with E-state index in [1.54, 1.807) is 24.3 Å². The molecule has 1 aliphatic carbocycles. The number of carbonyl (C=O) groups excluding carboxylic acids is 2. The number of imide groups is 1. The molecule has 7 nitrogen and oxygen atoms in total. The highest BCUT2D eigenvalue weighted by Crippen LogP contribution is 2.49. The molecule has 0 spiro atoms. The Bertz CT molecular complexity index is 1600. The quantitative estimate of drug-likeness (QED) is 0.129. The number of phenolic OH excluding ortho intramolecular Hbond substituents is 1. The van der Waals surface area contributed by atoms with Crippen LogP contribution in [0.2, 0.25) is 5.02 Å². The summed E-state index contributed by atoms with van der Waals surface area (Å²) in [6, 6.07) is 21.8. The molecule has 1 aliphatic heterocycles. The van der Waals surface area contributed by atoms with Gasteiger partial charge in [-0.05, 0) is 97.3 Å². The predicted molar refractivity (Wildman–Crippen MR) is 179 cm³/mol. The van der Waals surface area contributed by atoms with Crippen molar-refractivity contribution in [2.45, 2.75) is 52.6 Å². The van der Waals surface area contributed by atoms with Crippen molar-refractivity contribution in [1.29, 1.82) is 0 Å². The van der Waals surface area contributed by atoms with Crippen LogP contribution >= 0.6 is 11.6 Å². The summed E-state index contributed by atoms with van der Waals surface area (Å²) in [7, 11) is 0. The number of aromatic hydroxyl groups is 1. The molecule has 2 amide bonds. The molecule has 0 saturated carbocycles. The summed E-state index contributed by atoms with van der Waals surface area (Å²) in [5.41, 5.74) is 5.75. The van der Waals surface area contributed by atoms with Gasteiger partial charge >= 0.3 is 0 Å². The van der Waals surface area contributed by atoms with Crippen molar-refractivity contribution < 1.29 is 24.9 Å². The Morgan fingerprint density at radius 1 is 1.02 bits per heavy atom. The fourth-order valence-electron chi connectivity index (χ4n) is 6.76. The van der Waals surface area contributed by atoms with Gasteiger partial charge in [0.05, 0.1) is 35.3 Å². The highest BCUT2D eigenvalue weighted by Gasteiger charge is 2.55. The topological polar surface area (TPSA) is 110 Å². The van der Waals surface area contributed by atoms with Crippen LogP contribution in [0.4, 0.5) is 17.1 Å². The van der Waals surface area contributed by atoms with Gasteiger partial charge in [0.25, 0.3) is 0 Å². The zero-order chi connectivity index (χ0) is 32.2. The van der Waals surface area contributed by atoms with Crippen molar-refractivity contribution in [3.8, 4) is 5.75 Å². The van der Waals surface area contributed by atoms with Crippen molar-refractivity contribution in [1.82, 2.24) is 0 Å². The Kier molecular flexibility index (Phi) is 10.1. The number of hydrogen-bond acceptors (Lipinski definition) is 6. The number of halogens is 1. The number of amides is 2. The average molecular weight is 629 g/mol. The zero-order valence-corrected chi connectivity index (χ0v) is 26.7. The van der Waals surface area contributed by atoms with E-state index in [4.69, 9.17) is 11.6 Å². The van der Waals surface area contributed by atoms with Crippen LogP contribution in [0.3, 0.4) is 0 Å². The summed E-state index contributed by atoms with van der Waals surface area (Å²) >= 11 is 6.32. The minimum absolute atomic E-state index is 0.0296. The summed E-state index contributed by atoms with van der Waals surface area (Å²) < 4.78 is 0. The molecule has 3 aromatic rings. The lowest BCUT2D eigenvalue weighted by Gasteiger charge is -2.38. The first-order chi connectivity index (χ1) is 21.6. The maximum absolute atomic E-state index is 13.9. The van der Waals surface area contributed by atoms with E-state index in [0.717, 1.165) is 34.5 Å². The van der Waals surface area contributed by atoms with Crippen LogP contribution in [0.25, 0.3) is 6.08 Å². The Labute approximate surface area is 269 Å². The van der Waals surface area contributed by atoms with E-state index in [1.165, 1.54) is 11.0 Å². The molecule has 45 heavy (non-hydrogen) atoms. The molecule has 4 atom stereocenters. The fraction of sp³-hybridized carbons (Fsp3) is 0.351. The number of aliphatic hydroxyl groups excluding tert-OH is 2. The van der Waals surface area contributed by atoms with Gasteiger partial charge in [-0.1, -0.05) is 67.8 Å². The molecule has 8 heteroatoms. The zero-order valence-electron chi connectivity index (χ0n) is 25.9. The molecular weight excluding hydrogens is 588 g/mol. The molecule has 0 radical (unpaired) electrons. The average Bonchev–Trinajstić information content (AvgIpc) is 3.28. The number of aliphatic hydroxyl groups is 2. The van der Waals surface area contributed by atoms with E-state index in [9.17, 15) is 24.9 Å². The van der Waals surface area contributed by atoms with Crippen molar-refractivity contribution in [2.24, 2.45) is 23.7 Å². The number of anilines is 3. The standard InChI is InChI=1S/C37H41ClN2O5/c1-4-23(18-24-11-16-28(42)19-32(24)38)10-17-33(43)34-29(22(2)3)20-30-35(31(34)21-41)37(45)40(36(30)44)27-14-12-26(13-15-27)39-25-8-6-5-7-9-25/h5-9,11-16,18-19,22,30-31,33,35,39,41-43H,4,10,17,20-21H2,1-3H3/b23-18+/t30-,31+,33-,35-/m1/s1. The first kappa shape index (κ1) is 32.5. The third-order valence-electron chi connectivity index (χ3n) is 9.10. The van der Waals surface area contributed by atoms with Crippen molar-refractivity contribution in [2.75, 3.05) is 16.8 Å². The molecular formula is C37H41ClN2O5. The van der Waals surface area contributed by atoms with E-state index in [-0.39, 0.29) is 30.1 Å². The maximum Gasteiger partial charge on any atom is 0.238 e. The second-order valence-electron chi connectivity index (χ2n) is 12.2. The monoisotopic (exact) mass is 628 g/mol. The van der Waals surface area contributed by atoms with Crippen molar-refractivity contribution in [3.63, 3.8) is 0 Å². The predicted octanol–water partition coefficient (Wildman–Crippen LogP) is 7.49. The van der Waals surface area contributed by atoms with Crippen LogP contribution in [0.15, 0.2) is 89.5 Å². The van der Waals surface area contributed by atoms with Crippen LogP contribution in [0, 0.1) is 23.7 Å². The van der Waals surface area contributed by atoms with Crippen LogP contribution in [-0.2, 0) is 9.59 Å². The first-order valence-corrected chi connectivity index (χ1v) is 16.0. The van der Waals surface area contributed by atoms with Gasteiger partial charge in [-0.25, -0.2) is 0 Å².